The number of aliphatic hydroxyl groups excluding tert-OH is 2. The fourth-order valence-corrected chi connectivity index (χ4v) is 2.96. The molecule has 0 bridgehead atoms. The Kier molecular flexibility index (Phi) is 8.14. The zero-order valence-corrected chi connectivity index (χ0v) is 16.0. The SMILES string of the molecule is OC(c1ccccc1)C(COCCCO[SiH3])C(O)c1ccccc1. The van der Waals surface area contributed by atoms with Gasteiger partial charge in [-0.3, -0.25) is 0 Å². The molecule has 0 aliphatic rings. The van der Waals surface area contributed by atoms with E-state index >= 15 is 0 Å². The zero-order chi connectivity index (χ0) is 17.2. The second-order valence-corrected chi connectivity index (χ2v) is 6.37. The molecule has 0 aromatic heterocycles. The van der Waals surface area contributed by atoms with E-state index in [1.54, 1.807) is 0 Å². The van der Waals surface area contributed by atoms with Gasteiger partial charge in [0.1, 0.15) is 10.5 Å². The first kappa shape index (κ1) is 18.8. The van der Waals surface area contributed by atoms with Crippen molar-refractivity contribution in [3.05, 3.63) is 71.8 Å². The minimum atomic E-state index is -0.795. The summed E-state index contributed by atoms with van der Waals surface area (Å²) in [4.78, 5) is 0. The maximum absolute atomic E-state index is 10.8. The van der Waals surface area contributed by atoms with E-state index in [1.807, 2.05) is 60.7 Å². The van der Waals surface area contributed by atoms with Crippen molar-refractivity contribution in [2.75, 3.05) is 19.8 Å². The number of benzene rings is 2. The molecule has 0 saturated carbocycles. The van der Waals surface area contributed by atoms with Crippen molar-refractivity contribution >= 4 is 10.5 Å². The smallest absolute Gasteiger partial charge is 0.145 e. The monoisotopic (exact) mass is 346 g/mol. The van der Waals surface area contributed by atoms with Gasteiger partial charge in [0.25, 0.3) is 0 Å². The van der Waals surface area contributed by atoms with E-state index < -0.39 is 18.1 Å². The van der Waals surface area contributed by atoms with Crippen LogP contribution in [0.4, 0.5) is 0 Å². The van der Waals surface area contributed by atoms with E-state index in [-0.39, 0.29) is 6.61 Å². The highest BCUT2D eigenvalue weighted by atomic mass is 28.2. The quantitative estimate of drug-likeness (QED) is 0.508. The highest BCUT2D eigenvalue weighted by Crippen LogP contribution is 2.33. The van der Waals surface area contributed by atoms with Gasteiger partial charge in [0.2, 0.25) is 0 Å². The standard InChI is InChI=1S/C19H26O4Si/c20-18(15-8-3-1-4-9-15)17(14-22-12-7-13-23-24)19(21)16-10-5-2-6-11-16/h1-6,8-11,17-21H,7,12-14H2,24H3. The molecule has 0 aliphatic heterocycles. The van der Waals surface area contributed by atoms with Crippen LogP contribution in [-0.2, 0) is 9.16 Å². The molecule has 0 fully saturated rings. The van der Waals surface area contributed by atoms with E-state index in [4.69, 9.17) is 9.16 Å². The Morgan fingerprint density at radius 1 is 0.792 bits per heavy atom. The Morgan fingerprint density at radius 3 is 1.75 bits per heavy atom. The first-order valence-electron chi connectivity index (χ1n) is 8.26. The maximum Gasteiger partial charge on any atom is 0.145 e. The molecule has 2 aromatic carbocycles. The Labute approximate surface area is 146 Å². The average Bonchev–Trinajstić information content (AvgIpc) is 2.65. The molecule has 2 N–H and O–H groups in total. The number of rotatable bonds is 10. The van der Waals surface area contributed by atoms with Crippen molar-refractivity contribution in [2.24, 2.45) is 5.92 Å². The molecule has 2 unspecified atom stereocenters. The molecule has 0 aliphatic carbocycles. The van der Waals surface area contributed by atoms with Gasteiger partial charge in [0.15, 0.2) is 0 Å². The molecule has 24 heavy (non-hydrogen) atoms. The Morgan fingerprint density at radius 2 is 1.29 bits per heavy atom. The summed E-state index contributed by atoms with van der Waals surface area (Å²) in [6, 6.07) is 18.8. The normalized spacial score (nSPS) is 15.1. The number of ether oxygens (including phenoxy) is 1. The zero-order valence-electron chi connectivity index (χ0n) is 14.0. The summed E-state index contributed by atoms with van der Waals surface area (Å²) in [6.07, 6.45) is -0.772. The van der Waals surface area contributed by atoms with Crippen LogP contribution < -0.4 is 0 Å². The summed E-state index contributed by atoms with van der Waals surface area (Å²) in [5, 5.41) is 21.5. The molecule has 130 valence electrons. The lowest BCUT2D eigenvalue weighted by Crippen LogP contribution is -2.26. The largest absolute Gasteiger partial charge is 0.428 e. The molecule has 2 rings (SSSR count). The van der Waals surface area contributed by atoms with Gasteiger partial charge in [-0.15, -0.1) is 0 Å². The predicted octanol–water partition coefficient (Wildman–Crippen LogP) is 1.77. The number of hydrogen-bond acceptors (Lipinski definition) is 4. The van der Waals surface area contributed by atoms with Crippen molar-refractivity contribution < 1.29 is 19.4 Å². The van der Waals surface area contributed by atoms with Crippen LogP contribution in [0.5, 0.6) is 0 Å². The third-order valence-electron chi connectivity index (χ3n) is 4.04. The van der Waals surface area contributed by atoms with Gasteiger partial charge >= 0.3 is 0 Å². The lowest BCUT2D eigenvalue weighted by molar-refractivity contribution is -0.0419. The first-order chi connectivity index (χ1) is 11.7. The third kappa shape index (κ3) is 5.54. The summed E-state index contributed by atoms with van der Waals surface area (Å²) >= 11 is 0. The molecule has 4 nitrogen and oxygen atoms in total. The van der Waals surface area contributed by atoms with Crippen molar-refractivity contribution in [1.82, 2.24) is 0 Å². The van der Waals surface area contributed by atoms with Crippen LogP contribution in [0.25, 0.3) is 0 Å². The van der Waals surface area contributed by atoms with Gasteiger partial charge in [0, 0.05) is 19.1 Å². The fraction of sp³-hybridized carbons (Fsp3) is 0.368. The number of hydrogen-bond donors (Lipinski definition) is 2. The first-order valence-corrected chi connectivity index (χ1v) is 9.08. The summed E-state index contributed by atoms with van der Waals surface area (Å²) < 4.78 is 10.8. The fourth-order valence-electron chi connectivity index (χ4n) is 2.67. The molecule has 0 spiro atoms. The minimum Gasteiger partial charge on any atom is -0.428 e. The minimum absolute atomic E-state index is 0.285. The van der Waals surface area contributed by atoms with Crippen molar-refractivity contribution in [3.63, 3.8) is 0 Å². The molecular formula is C19H26O4Si. The summed E-state index contributed by atoms with van der Waals surface area (Å²) in [5.41, 5.74) is 1.56. The lowest BCUT2D eigenvalue weighted by atomic mass is 9.88. The van der Waals surface area contributed by atoms with Crippen molar-refractivity contribution in [3.8, 4) is 0 Å². The van der Waals surface area contributed by atoms with Crippen LogP contribution in [0.1, 0.15) is 29.8 Å². The Balaban J connectivity index is 2.08. The molecule has 0 saturated heterocycles. The highest BCUT2D eigenvalue weighted by Gasteiger charge is 2.29. The second-order valence-electron chi connectivity index (χ2n) is 5.80. The van der Waals surface area contributed by atoms with Gasteiger partial charge in [-0.05, 0) is 17.5 Å². The van der Waals surface area contributed by atoms with E-state index in [9.17, 15) is 10.2 Å². The van der Waals surface area contributed by atoms with Crippen molar-refractivity contribution in [1.29, 1.82) is 0 Å². The molecule has 0 heterocycles. The molecule has 0 radical (unpaired) electrons. The van der Waals surface area contributed by atoms with E-state index in [0.29, 0.717) is 13.2 Å². The predicted molar refractivity (Wildman–Crippen MR) is 97.6 cm³/mol. The van der Waals surface area contributed by atoms with Crippen LogP contribution in [0.3, 0.4) is 0 Å². The molecule has 2 atom stereocenters. The van der Waals surface area contributed by atoms with Gasteiger partial charge in [-0.1, -0.05) is 60.7 Å². The third-order valence-corrected chi connectivity index (χ3v) is 4.45. The summed E-state index contributed by atoms with van der Waals surface area (Å²) in [7, 11) is 0.729. The van der Waals surface area contributed by atoms with Gasteiger partial charge < -0.3 is 19.4 Å². The molecule has 2 aromatic rings. The Hall–Kier alpha value is -1.50. The van der Waals surface area contributed by atoms with Gasteiger partial charge in [-0.25, -0.2) is 0 Å². The second kappa shape index (κ2) is 10.4. The van der Waals surface area contributed by atoms with Crippen LogP contribution in [0.2, 0.25) is 0 Å². The molecular weight excluding hydrogens is 320 g/mol. The Bertz CT molecular complexity index is 519. The van der Waals surface area contributed by atoms with Crippen molar-refractivity contribution in [2.45, 2.75) is 18.6 Å². The summed E-state index contributed by atoms with van der Waals surface area (Å²) in [6.45, 7) is 1.54. The number of aliphatic hydroxyl groups is 2. The van der Waals surface area contributed by atoms with Crippen LogP contribution >= 0.6 is 0 Å². The summed E-state index contributed by atoms with van der Waals surface area (Å²) in [5.74, 6) is -0.438. The van der Waals surface area contributed by atoms with Crippen LogP contribution in [0.15, 0.2) is 60.7 Å². The topological polar surface area (TPSA) is 58.9 Å². The van der Waals surface area contributed by atoms with E-state index in [1.165, 1.54) is 0 Å². The van der Waals surface area contributed by atoms with Gasteiger partial charge in [-0.2, -0.15) is 0 Å². The maximum atomic E-state index is 10.8. The lowest BCUT2D eigenvalue weighted by Gasteiger charge is -2.28. The molecule has 5 heteroatoms. The molecule has 0 amide bonds. The van der Waals surface area contributed by atoms with E-state index in [0.717, 1.165) is 28.0 Å². The van der Waals surface area contributed by atoms with Crippen LogP contribution in [0, 0.1) is 5.92 Å². The van der Waals surface area contributed by atoms with E-state index in [2.05, 4.69) is 0 Å². The van der Waals surface area contributed by atoms with Gasteiger partial charge in [0.05, 0.1) is 18.8 Å². The average molecular weight is 346 g/mol. The van der Waals surface area contributed by atoms with Crippen LogP contribution in [-0.4, -0.2) is 40.5 Å². The highest BCUT2D eigenvalue weighted by molar-refractivity contribution is 5.97.